The second-order valence-corrected chi connectivity index (χ2v) is 5.87. The van der Waals surface area contributed by atoms with E-state index in [1.54, 1.807) is 11.3 Å². The van der Waals surface area contributed by atoms with E-state index in [2.05, 4.69) is 25.2 Å². The fraction of sp³-hybridized carbons (Fsp3) is 0.667. The van der Waals surface area contributed by atoms with Crippen LogP contribution >= 0.6 is 22.9 Å². The van der Waals surface area contributed by atoms with Crippen LogP contribution < -0.4 is 5.32 Å². The van der Waals surface area contributed by atoms with E-state index in [0.717, 1.165) is 16.7 Å². The van der Waals surface area contributed by atoms with Crippen molar-refractivity contribution in [2.75, 3.05) is 7.05 Å². The summed E-state index contributed by atoms with van der Waals surface area (Å²) >= 11 is 7.62. The molecule has 0 radical (unpaired) electrons. The first-order valence-electron chi connectivity index (χ1n) is 5.58. The standard InChI is InChI=1S/C12H20ClNS/c1-4-5-9(2)11(14-3)8-10-6-7-12(13)15-10/h6-7,9,11,14H,4-5,8H2,1-3H3. The molecule has 2 unspecified atom stereocenters. The molecule has 1 N–H and O–H groups in total. The predicted molar refractivity (Wildman–Crippen MR) is 70.0 cm³/mol. The van der Waals surface area contributed by atoms with Crippen molar-refractivity contribution in [3.63, 3.8) is 0 Å². The maximum atomic E-state index is 5.93. The quantitative estimate of drug-likeness (QED) is 0.800. The number of hydrogen-bond donors (Lipinski definition) is 1. The molecule has 0 amide bonds. The zero-order chi connectivity index (χ0) is 11.3. The van der Waals surface area contributed by atoms with E-state index in [0.29, 0.717) is 6.04 Å². The summed E-state index contributed by atoms with van der Waals surface area (Å²) < 4.78 is 0.892. The van der Waals surface area contributed by atoms with Gasteiger partial charge in [-0.1, -0.05) is 31.9 Å². The Labute approximate surface area is 102 Å². The highest BCUT2D eigenvalue weighted by atomic mass is 35.5. The van der Waals surface area contributed by atoms with Crippen molar-refractivity contribution in [1.29, 1.82) is 0 Å². The normalized spacial score (nSPS) is 15.2. The Morgan fingerprint density at radius 3 is 2.67 bits per heavy atom. The van der Waals surface area contributed by atoms with E-state index in [4.69, 9.17) is 11.6 Å². The van der Waals surface area contributed by atoms with E-state index in [-0.39, 0.29) is 0 Å². The van der Waals surface area contributed by atoms with Crippen molar-refractivity contribution in [2.24, 2.45) is 5.92 Å². The molecule has 1 heterocycles. The van der Waals surface area contributed by atoms with Gasteiger partial charge in [0.05, 0.1) is 4.34 Å². The first kappa shape index (κ1) is 13.0. The van der Waals surface area contributed by atoms with Gasteiger partial charge in [-0.15, -0.1) is 11.3 Å². The third kappa shape index (κ3) is 4.13. The lowest BCUT2D eigenvalue weighted by Gasteiger charge is -2.22. The number of nitrogens with one attached hydrogen (secondary N) is 1. The van der Waals surface area contributed by atoms with E-state index >= 15 is 0 Å². The van der Waals surface area contributed by atoms with Gasteiger partial charge in [0.25, 0.3) is 0 Å². The largest absolute Gasteiger partial charge is 0.316 e. The molecule has 0 aliphatic rings. The third-order valence-electron chi connectivity index (χ3n) is 2.85. The van der Waals surface area contributed by atoms with E-state index < -0.39 is 0 Å². The molecule has 2 atom stereocenters. The van der Waals surface area contributed by atoms with Crippen LogP contribution in [0.3, 0.4) is 0 Å². The smallest absolute Gasteiger partial charge is 0.0931 e. The van der Waals surface area contributed by atoms with Gasteiger partial charge in [-0.2, -0.15) is 0 Å². The molecule has 1 aromatic rings. The van der Waals surface area contributed by atoms with Crippen LogP contribution in [0.15, 0.2) is 12.1 Å². The minimum Gasteiger partial charge on any atom is -0.316 e. The second-order valence-electron chi connectivity index (χ2n) is 4.07. The lowest BCUT2D eigenvalue weighted by Crippen LogP contribution is -2.33. The molecule has 0 saturated heterocycles. The predicted octanol–water partition coefficient (Wildman–Crippen LogP) is 3.97. The maximum absolute atomic E-state index is 5.93. The summed E-state index contributed by atoms with van der Waals surface area (Å²) in [4.78, 5) is 1.38. The molecule has 0 aromatic carbocycles. The lowest BCUT2D eigenvalue weighted by molar-refractivity contribution is 0.373. The number of halogens is 1. The van der Waals surface area contributed by atoms with Gasteiger partial charge >= 0.3 is 0 Å². The number of hydrogen-bond acceptors (Lipinski definition) is 2. The molecule has 1 nitrogen and oxygen atoms in total. The molecule has 86 valence electrons. The molecule has 1 rings (SSSR count). The highest BCUT2D eigenvalue weighted by Crippen LogP contribution is 2.24. The highest BCUT2D eigenvalue weighted by molar-refractivity contribution is 7.16. The molecule has 1 aromatic heterocycles. The summed E-state index contributed by atoms with van der Waals surface area (Å²) in [5.74, 6) is 0.723. The van der Waals surface area contributed by atoms with Crippen LogP contribution in [0.5, 0.6) is 0 Å². The zero-order valence-electron chi connectivity index (χ0n) is 9.72. The van der Waals surface area contributed by atoms with Crippen LogP contribution in [-0.2, 0) is 6.42 Å². The first-order valence-corrected chi connectivity index (χ1v) is 6.78. The van der Waals surface area contributed by atoms with Crippen LogP contribution in [0, 0.1) is 5.92 Å². The SMILES string of the molecule is CCCC(C)C(Cc1ccc(Cl)s1)NC. The van der Waals surface area contributed by atoms with Crippen LogP contribution in [0.25, 0.3) is 0 Å². The van der Waals surface area contributed by atoms with Crippen molar-refractivity contribution in [3.05, 3.63) is 21.3 Å². The Morgan fingerprint density at radius 2 is 2.20 bits per heavy atom. The summed E-state index contributed by atoms with van der Waals surface area (Å²) in [6.45, 7) is 4.56. The van der Waals surface area contributed by atoms with E-state index in [1.807, 2.05) is 13.1 Å². The monoisotopic (exact) mass is 245 g/mol. The molecule has 3 heteroatoms. The summed E-state index contributed by atoms with van der Waals surface area (Å²) in [6, 6.07) is 4.69. The average molecular weight is 246 g/mol. The van der Waals surface area contributed by atoms with Crippen molar-refractivity contribution >= 4 is 22.9 Å². The summed E-state index contributed by atoms with van der Waals surface area (Å²) in [5.41, 5.74) is 0. The topological polar surface area (TPSA) is 12.0 Å². The fourth-order valence-electron chi connectivity index (χ4n) is 1.92. The van der Waals surface area contributed by atoms with Crippen LogP contribution in [-0.4, -0.2) is 13.1 Å². The van der Waals surface area contributed by atoms with Gasteiger partial charge in [0.15, 0.2) is 0 Å². The van der Waals surface area contributed by atoms with Gasteiger partial charge < -0.3 is 5.32 Å². The van der Waals surface area contributed by atoms with Crippen molar-refractivity contribution in [3.8, 4) is 0 Å². The first-order chi connectivity index (χ1) is 7.17. The summed E-state index contributed by atoms with van der Waals surface area (Å²) in [7, 11) is 2.05. The minimum absolute atomic E-state index is 0.569. The van der Waals surface area contributed by atoms with Gasteiger partial charge in [-0.25, -0.2) is 0 Å². The molecule has 0 saturated carbocycles. The number of likely N-dealkylation sites (N-methyl/N-ethyl adjacent to an activating group) is 1. The molecule has 0 spiro atoms. The second kappa shape index (κ2) is 6.51. The third-order valence-corrected chi connectivity index (χ3v) is 4.11. The van der Waals surface area contributed by atoms with Gasteiger partial charge in [0.2, 0.25) is 0 Å². The van der Waals surface area contributed by atoms with E-state index in [9.17, 15) is 0 Å². The van der Waals surface area contributed by atoms with Crippen molar-refractivity contribution in [1.82, 2.24) is 5.32 Å². The lowest BCUT2D eigenvalue weighted by atomic mass is 9.94. The molecule has 0 aliphatic heterocycles. The Kier molecular flexibility index (Phi) is 5.65. The fourth-order valence-corrected chi connectivity index (χ4v) is 3.07. The molecular weight excluding hydrogens is 226 g/mol. The van der Waals surface area contributed by atoms with Gasteiger partial charge in [0, 0.05) is 10.9 Å². The number of thiophene rings is 1. The van der Waals surface area contributed by atoms with Crippen LogP contribution in [0.2, 0.25) is 4.34 Å². The highest BCUT2D eigenvalue weighted by Gasteiger charge is 2.15. The summed E-state index contributed by atoms with van der Waals surface area (Å²) in [5, 5.41) is 3.41. The van der Waals surface area contributed by atoms with Gasteiger partial charge in [-0.3, -0.25) is 0 Å². The van der Waals surface area contributed by atoms with Crippen molar-refractivity contribution in [2.45, 2.75) is 39.2 Å². The average Bonchev–Trinajstić information content (AvgIpc) is 2.61. The van der Waals surface area contributed by atoms with Crippen LogP contribution in [0.4, 0.5) is 0 Å². The Bertz CT molecular complexity index is 285. The molecule has 0 fully saturated rings. The molecule has 0 aliphatic carbocycles. The van der Waals surface area contributed by atoms with Gasteiger partial charge in [-0.05, 0) is 37.9 Å². The summed E-state index contributed by atoms with van der Waals surface area (Å²) in [6.07, 6.45) is 3.63. The van der Waals surface area contributed by atoms with E-state index in [1.165, 1.54) is 17.7 Å². The molecule has 15 heavy (non-hydrogen) atoms. The Morgan fingerprint density at radius 1 is 1.47 bits per heavy atom. The maximum Gasteiger partial charge on any atom is 0.0931 e. The van der Waals surface area contributed by atoms with Gasteiger partial charge in [0.1, 0.15) is 0 Å². The molecule has 0 bridgehead atoms. The van der Waals surface area contributed by atoms with Crippen LogP contribution in [0.1, 0.15) is 31.6 Å². The van der Waals surface area contributed by atoms with Crippen molar-refractivity contribution < 1.29 is 0 Å². The minimum atomic E-state index is 0.569. The Hall–Kier alpha value is -0.0500. The Balaban J connectivity index is 2.53. The zero-order valence-corrected chi connectivity index (χ0v) is 11.3. The molecular formula is C12H20ClNS. The number of rotatable bonds is 6.